The molecule has 0 saturated heterocycles. The molecule has 2 rings (SSSR count). The van der Waals surface area contributed by atoms with Crippen molar-refractivity contribution in [1.29, 1.82) is 0 Å². The highest BCUT2D eigenvalue weighted by Gasteiger charge is 2.15. The van der Waals surface area contributed by atoms with Crippen molar-refractivity contribution in [2.45, 2.75) is 24.7 Å². The van der Waals surface area contributed by atoms with E-state index in [1.165, 1.54) is 30.4 Å². The fourth-order valence-electron chi connectivity index (χ4n) is 2.26. The number of rotatable bonds is 7. The summed E-state index contributed by atoms with van der Waals surface area (Å²) in [7, 11) is -2.08. The second-order valence-corrected chi connectivity index (χ2v) is 7.46. The second-order valence-electron chi connectivity index (χ2n) is 5.29. The molecule has 0 saturated carbocycles. The van der Waals surface area contributed by atoms with Crippen molar-refractivity contribution in [2.24, 2.45) is 0 Å². The Hall–Kier alpha value is -1.56. The summed E-state index contributed by atoms with van der Waals surface area (Å²) in [4.78, 5) is 0.138. The average Bonchev–Trinajstić information content (AvgIpc) is 2.51. The minimum Gasteiger partial charge on any atom is -0.495 e. The summed E-state index contributed by atoms with van der Waals surface area (Å²) in [5.74, 6) is 0.449. The first-order valence-electron chi connectivity index (χ1n) is 7.31. The van der Waals surface area contributed by atoms with E-state index in [4.69, 9.17) is 16.3 Å². The molecule has 0 atom stereocenters. The molecule has 0 aliphatic rings. The molecule has 1 N–H and O–H groups in total. The normalized spacial score (nSPS) is 11.4. The van der Waals surface area contributed by atoms with Gasteiger partial charge in [-0.05, 0) is 43.5 Å². The van der Waals surface area contributed by atoms with E-state index in [2.05, 4.69) is 10.8 Å². The maximum absolute atomic E-state index is 12.2. The topological polar surface area (TPSA) is 55.4 Å². The molecule has 23 heavy (non-hydrogen) atoms. The minimum absolute atomic E-state index is 0.138. The highest BCUT2D eigenvalue weighted by molar-refractivity contribution is 7.89. The zero-order valence-corrected chi connectivity index (χ0v) is 14.7. The smallest absolute Gasteiger partial charge is 0.240 e. The van der Waals surface area contributed by atoms with Crippen LogP contribution in [0.1, 0.15) is 17.5 Å². The predicted octanol–water partition coefficient (Wildman–Crippen LogP) is 3.57. The summed E-state index contributed by atoms with van der Waals surface area (Å²) in [6.07, 6.45) is 1.56. The van der Waals surface area contributed by atoms with E-state index in [0.717, 1.165) is 12.8 Å². The van der Waals surface area contributed by atoms with Gasteiger partial charge in [0.25, 0.3) is 0 Å². The van der Waals surface area contributed by atoms with Crippen LogP contribution in [0.4, 0.5) is 0 Å². The first-order chi connectivity index (χ1) is 10.9. The van der Waals surface area contributed by atoms with Crippen molar-refractivity contribution in [2.75, 3.05) is 13.7 Å². The summed E-state index contributed by atoms with van der Waals surface area (Å²) in [5, 5.41) is 0.273. The maximum atomic E-state index is 12.2. The van der Waals surface area contributed by atoms with Crippen LogP contribution in [0.2, 0.25) is 5.02 Å². The van der Waals surface area contributed by atoms with Gasteiger partial charge in [-0.2, -0.15) is 0 Å². The Morgan fingerprint density at radius 2 is 1.96 bits per heavy atom. The van der Waals surface area contributed by atoms with E-state index in [0.29, 0.717) is 12.3 Å². The Balaban J connectivity index is 1.92. The first-order valence-corrected chi connectivity index (χ1v) is 9.17. The Kier molecular flexibility index (Phi) is 6.04. The SMILES string of the molecule is COc1ccc(S(=O)(=O)NCCCc2cccc(C)c2)cc1Cl. The molecule has 2 aromatic carbocycles. The summed E-state index contributed by atoms with van der Waals surface area (Å²) in [5.41, 5.74) is 2.41. The van der Waals surface area contributed by atoms with Crippen molar-refractivity contribution >= 4 is 21.6 Å². The first kappa shape index (κ1) is 17.8. The fraction of sp³-hybridized carbons (Fsp3) is 0.294. The van der Waals surface area contributed by atoms with Crippen LogP contribution in [0.5, 0.6) is 5.75 Å². The maximum Gasteiger partial charge on any atom is 0.240 e. The summed E-state index contributed by atoms with van der Waals surface area (Å²) in [6.45, 7) is 2.42. The van der Waals surface area contributed by atoms with Crippen molar-refractivity contribution in [3.63, 3.8) is 0 Å². The van der Waals surface area contributed by atoms with Gasteiger partial charge in [-0.25, -0.2) is 13.1 Å². The Bertz CT molecular complexity index is 775. The van der Waals surface area contributed by atoms with Crippen molar-refractivity contribution < 1.29 is 13.2 Å². The van der Waals surface area contributed by atoms with Crippen LogP contribution in [0.15, 0.2) is 47.4 Å². The molecular formula is C17H20ClNO3S. The summed E-state index contributed by atoms with van der Waals surface area (Å²) >= 11 is 5.97. The quantitative estimate of drug-likeness (QED) is 0.774. The van der Waals surface area contributed by atoms with E-state index >= 15 is 0 Å². The van der Waals surface area contributed by atoms with Gasteiger partial charge in [-0.3, -0.25) is 0 Å². The van der Waals surface area contributed by atoms with Crippen LogP contribution in [-0.4, -0.2) is 22.1 Å². The number of nitrogens with one attached hydrogen (secondary N) is 1. The van der Waals surface area contributed by atoms with Crippen LogP contribution < -0.4 is 9.46 Å². The van der Waals surface area contributed by atoms with Crippen LogP contribution in [0.25, 0.3) is 0 Å². The molecule has 4 nitrogen and oxygen atoms in total. The lowest BCUT2D eigenvalue weighted by molar-refractivity contribution is 0.414. The third-order valence-corrected chi connectivity index (χ3v) is 5.20. The van der Waals surface area contributed by atoms with Gasteiger partial charge in [-0.1, -0.05) is 41.4 Å². The highest BCUT2D eigenvalue weighted by Crippen LogP contribution is 2.26. The van der Waals surface area contributed by atoms with Crippen LogP contribution in [-0.2, 0) is 16.4 Å². The lowest BCUT2D eigenvalue weighted by atomic mass is 10.1. The van der Waals surface area contributed by atoms with E-state index in [1.54, 1.807) is 6.07 Å². The molecule has 0 unspecified atom stereocenters. The number of sulfonamides is 1. The Morgan fingerprint density at radius 3 is 2.61 bits per heavy atom. The second kappa shape index (κ2) is 7.81. The molecule has 0 aliphatic heterocycles. The monoisotopic (exact) mass is 353 g/mol. The summed E-state index contributed by atoms with van der Waals surface area (Å²) in [6, 6.07) is 12.6. The van der Waals surface area contributed by atoms with Crippen molar-refractivity contribution in [3.05, 3.63) is 58.6 Å². The van der Waals surface area contributed by atoms with E-state index in [-0.39, 0.29) is 9.92 Å². The molecule has 0 aromatic heterocycles. The molecule has 0 amide bonds. The number of hydrogen-bond donors (Lipinski definition) is 1. The van der Waals surface area contributed by atoms with E-state index in [9.17, 15) is 8.42 Å². The van der Waals surface area contributed by atoms with Gasteiger partial charge in [0.2, 0.25) is 10.0 Å². The third-order valence-electron chi connectivity index (χ3n) is 3.45. The molecule has 124 valence electrons. The minimum atomic E-state index is -3.56. The number of halogens is 1. The van der Waals surface area contributed by atoms with E-state index < -0.39 is 10.0 Å². The number of ether oxygens (including phenoxy) is 1. The Labute approximate surface area is 142 Å². The molecule has 0 aliphatic carbocycles. The number of hydrogen-bond acceptors (Lipinski definition) is 3. The zero-order chi connectivity index (χ0) is 16.9. The molecule has 0 fully saturated rings. The average molecular weight is 354 g/mol. The third kappa shape index (κ3) is 4.96. The molecule has 0 radical (unpaired) electrons. The zero-order valence-electron chi connectivity index (χ0n) is 13.2. The van der Waals surface area contributed by atoms with Gasteiger partial charge < -0.3 is 4.74 Å². The van der Waals surface area contributed by atoms with Crippen LogP contribution in [0, 0.1) is 6.92 Å². The van der Waals surface area contributed by atoms with Crippen LogP contribution in [0.3, 0.4) is 0 Å². The van der Waals surface area contributed by atoms with Gasteiger partial charge in [0, 0.05) is 6.54 Å². The molecular weight excluding hydrogens is 334 g/mol. The van der Waals surface area contributed by atoms with Gasteiger partial charge in [-0.15, -0.1) is 0 Å². The number of methoxy groups -OCH3 is 1. The summed E-state index contributed by atoms with van der Waals surface area (Å²) < 4.78 is 32.1. The lowest BCUT2D eigenvalue weighted by Crippen LogP contribution is -2.25. The highest BCUT2D eigenvalue weighted by atomic mass is 35.5. The van der Waals surface area contributed by atoms with Gasteiger partial charge >= 0.3 is 0 Å². The van der Waals surface area contributed by atoms with Gasteiger partial charge in [0.05, 0.1) is 17.0 Å². The van der Waals surface area contributed by atoms with Crippen molar-refractivity contribution in [3.8, 4) is 5.75 Å². The molecule has 2 aromatic rings. The van der Waals surface area contributed by atoms with E-state index in [1.807, 2.05) is 25.1 Å². The van der Waals surface area contributed by atoms with Crippen molar-refractivity contribution in [1.82, 2.24) is 4.72 Å². The molecule has 0 spiro atoms. The number of benzene rings is 2. The standard InChI is InChI=1S/C17H20ClNO3S/c1-13-5-3-6-14(11-13)7-4-10-19-23(20,21)15-8-9-17(22-2)16(18)12-15/h3,5-6,8-9,11-12,19H,4,7,10H2,1-2H3. The molecule has 0 heterocycles. The van der Waals surface area contributed by atoms with Gasteiger partial charge in [0.1, 0.15) is 5.75 Å². The predicted molar refractivity (Wildman–Crippen MR) is 92.7 cm³/mol. The largest absolute Gasteiger partial charge is 0.495 e. The van der Waals surface area contributed by atoms with Crippen LogP contribution >= 0.6 is 11.6 Å². The Morgan fingerprint density at radius 1 is 1.17 bits per heavy atom. The fourth-order valence-corrected chi connectivity index (χ4v) is 3.69. The molecule has 6 heteroatoms. The lowest BCUT2D eigenvalue weighted by Gasteiger charge is -2.09. The molecule has 0 bridgehead atoms. The number of aryl methyl sites for hydroxylation is 2. The van der Waals surface area contributed by atoms with Gasteiger partial charge in [0.15, 0.2) is 0 Å².